The van der Waals surface area contributed by atoms with Gasteiger partial charge in [0.25, 0.3) is 0 Å². The van der Waals surface area contributed by atoms with E-state index in [1.807, 2.05) is 17.0 Å². The molecule has 2 aliphatic rings. The van der Waals surface area contributed by atoms with Gasteiger partial charge in [-0.1, -0.05) is 37.5 Å². The van der Waals surface area contributed by atoms with Crippen LogP contribution in [0.25, 0.3) is 10.9 Å². The number of aromatic nitrogens is 1. The van der Waals surface area contributed by atoms with Crippen molar-refractivity contribution in [2.45, 2.75) is 64.0 Å². The highest BCUT2D eigenvalue weighted by Gasteiger charge is 2.34. The summed E-state index contributed by atoms with van der Waals surface area (Å²) in [5.74, 6) is 0.121. The fourth-order valence-electron chi connectivity index (χ4n) is 5.75. The molecule has 1 aliphatic carbocycles. The predicted molar refractivity (Wildman–Crippen MR) is 129 cm³/mol. The molecule has 180 valence electrons. The molecule has 7 heteroatoms. The Morgan fingerprint density at radius 3 is 2.85 bits per heavy atom. The van der Waals surface area contributed by atoms with E-state index < -0.39 is 5.43 Å². The number of nitrogens with zero attached hydrogens (tertiary/aromatic N) is 1. The third-order valence-corrected chi connectivity index (χ3v) is 7.47. The molecule has 1 aromatic carbocycles. The lowest BCUT2D eigenvalue weighted by molar-refractivity contribution is -0.133. The number of para-hydroxylation sites is 1. The summed E-state index contributed by atoms with van der Waals surface area (Å²) in [6.45, 7) is 1.34. The van der Waals surface area contributed by atoms with E-state index in [1.54, 1.807) is 0 Å². The van der Waals surface area contributed by atoms with Crippen molar-refractivity contribution in [3.05, 3.63) is 63.3 Å². The second-order valence-electron chi connectivity index (χ2n) is 9.62. The van der Waals surface area contributed by atoms with E-state index in [0.29, 0.717) is 18.8 Å². The van der Waals surface area contributed by atoms with Crippen LogP contribution in [-0.2, 0) is 29.1 Å². The monoisotopic (exact) mass is 464 g/mol. The second kappa shape index (κ2) is 9.66. The van der Waals surface area contributed by atoms with Gasteiger partial charge in [-0.15, -0.1) is 0 Å². The molecule has 1 fully saturated rings. The molecule has 0 radical (unpaired) electrons. The van der Waals surface area contributed by atoms with E-state index >= 15 is 0 Å². The Labute approximate surface area is 198 Å². The number of ether oxygens (including phenoxy) is 1. The molecule has 1 aliphatic heterocycles. The van der Waals surface area contributed by atoms with E-state index in [2.05, 4.69) is 17.1 Å². The molecule has 0 saturated heterocycles. The van der Waals surface area contributed by atoms with Gasteiger partial charge in [0.15, 0.2) is 5.76 Å². The first kappa shape index (κ1) is 22.7. The van der Waals surface area contributed by atoms with Crippen molar-refractivity contribution in [2.24, 2.45) is 5.92 Å². The number of H-pyrrole nitrogens is 1. The van der Waals surface area contributed by atoms with Gasteiger partial charge >= 0.3 is 0 Å². The van der Waals surface area contributed by atoms with Crippen molar-refractivity contribution in [1.29, 1.82) is 0 Å². The Morgan fingerprint density at radius 1 is 1.26 bits per heavy atom. The topological polar surface area (TPSA) is 95.8 Å². The number of carbonyl (C=O) groups is 1. The van der Waals surface area contributed by atoms with Crippen LogP contribution in [0.2, 0.25) is 0 Å². The molecule has 3 heterocycles. The fraction of sp³-hybridized carbons (Fsp3) is 0.481. The number of methoxy groups -OCH3 is 1. The van der Waals surface area contributed by atoms with Gasteiger partial charge in [-0.25, -0.2) is 0 Å². The van der Waals surface area contributed by atoms with Crippen LogP contribution in [0.4, 0.5) is 0 Å². The Kier molecular flexibility index (Phi) is 6.46. The minimum atomic E-state index is -0.484. The van der Waals surface area contributed by atoms with Crippen LogP contribution in [0.5, 0.6) is 5.75 Å². The quantitative estimate of drug-likeness (QED) is 0.555. The number of hydrogen-bond acceptors (Lipinski definition) is 5. The van der Waals surface area contributed by atoms with Gasteiger partial charge in [-0.05, 0) is 36.8 Å². The van der Waals surface area contributed by atoms with Crippen LogP contribution < -0.4 is 5.43 Å². The first-order chi connectivity index (χ1) is 16.5. The molecular formula is C27H32N2O5. The number of aromatic amines is 1. The summed E-state index contributed by atoms with van der Waals surface area (Å²) in [5, 5.41) is 11.9. The third-order valence-electron chi connectivity index (χ3n) is 7.47. The molecule has 34 heavy (non-hydrogen) atoms. The number of nitrogens with one attached hydrogen (secondary N) is 1. The van der Waals surface area contributed by atoms with Gasteiger partial charge in [-0.3, -0.25) is 9.59 Å². The van der Waals surface area contributed by atoms with Crippen molar-refractivity contribution in [1.82, 2.24) is 9.88 Å². The van der Waals surface area contributed by atoms with E-state index in [1.165, 1.54) is 30.5 Å². The summed E-state index contributed by atoms with van der Waals surface area (Å²) in [6.07, 6.45) is 6.28. The summed E-state index contributed by atoms with van der Waals surface area (Å²) >= 11 is 0. The molecule has 2 N–H and O–H groups in total. The molecule has 1 amide bonds. The van der Waals surface area contributed by atoms with E-state index in [0.717, 1.165) is 43.3 Å². The highest BCUT2D eigenvalue weighted by Crippen LogP contribution is 2.41. The molecule has 0 bridgehead atoms. The predicted octanol–water partition coefficient (Wildman–Crippen LogP) is 4.61. The zero-order valence-electron chi connectivity index (χ0n) is 19.6. The summed E-state index contributed by atoms with van der Waals surface area (Å²) < 4.78 is 11.1. The Bertz CT molecular complexity index is 1240. The third kappa shape index (κ3) is 4.37. The number of hydrogen-bond donors (Lipinski definition) is 2. The summed E-state index contributed by atoms with van der Waals surface area (Å²) in [5.41, 5.74) is 3.00. The first-order valence-corrected chi connectivity index (χ1v) is 12.3. The average molecular weight is 465 g/mol. The van der Waals surface area contributed by atoms with Crippen LogP contribution in [0.15, 0.2) is 39.5 Å². The highest BCUT2D eigenvalue weighted by atomic mass is 16.5. The smallest absolute Gasteiger partial charge is 0.227 e. The molecule has 0 unspecified atom stereocenters. The maximum absolute atomic E-state index is 13.5. The summed E-state index contributed by atoms with van der Waals surface area (Å²) in [7, 11) is 1.53. The van der Waals surface area contributed by atoms with Gasteiger partial charge in [0.2, 0.25) is 17.1 Å². The lowest BCUT2D eigenvalue weighted by atomic mass is 9.76. The molecule has 1 atom stereocenters. The van der Waals surface area contributed by atoms with Gasteiger partial charge < -0.3 is 24.1 Å². The molecular weight excluding hydrogens is 432 g/mol. The molecule has 7 nitrogen and oxygen atoms in total. The SMILES string of the molecule is COCc1cc(=O)c(O)c([C@H](CC(=O)N2CCc3c([nH]c4ccccc34)C2)C2CCCCC2)o1. The largest absolute Gasteiger partial charge is 0.502 e. The van der Waals surface area contributed by atoms with Gasteiger partial charge in [0, 0.05) is 48.7 Å². The molecule has 2 aromatic heterocycles. The van der Waals surface area contributed by atoms with Crippen LogP contribution in [0.3, 0.4) is 0 Å². The Hall–Kier alpha value is -3.06. The lowest BCUT2D eigenvalue weighted by Gasteiger charge is -2.33. The van der Waals surface area contributed by atoms with Crippen molar-refractivity contribution in [2.75, 3.05) is 13.7 Å². The van der Waals surface area contributed by atoms with E-state index in [-0.39, 0.29) is 42.3 Å². The highest BCUT2D eigenvalue weighted by molar-refractivity contribution is 5.85. The number of aromatic hydroxyl groups is 1. The normalized spacial score (nSPS) is 17.6. The zero-order valence-corrected chi connectivity index (χ0v) is 19.6. The van der Waals surface area contributed by atoms with Crippen molar-refractivity contribution in [3.63, 3.8) is 0 Å². The fourth-order valence-corrected chi connectivity index (χ4v) is 5.75. The molecule has 1 saturated carbocycles. The minimum Gasteiger partial charge on any atom is -0.502 e. The zero-order chi connectivity index (χ0) is 23.7. The van der Waals surface area contributed by atoms with E-state index in [9.17, 15) is 14.7 Å². The van der Waals surface area contributed by atoms with Crippen molar-refractivity contribution >= 4 is 16.8 Å². The van der Waals surface area contributed by atoms with Gasteiger partial charge in [-0.2, -0.15) is 0 Å². The number of amides is 1. The number of fused-ring (bicyclic) bond motifs is 3. The minimum absolute atomic E-state index is 0.0269. The second-order valence-corrected chi connectivity index (χ2v) is 9.62. The van der Waals surface area contributed by atoms with Crippen LogP contribution in [0, 0.1) is 5.92 Å². The van der Waals surface area contributed by atoms with Crippen LogP contribution in [-0.4, -0.2) is 34.6 Å². The molecule has 0 spiro atoms. The van der Waals surface area contributed by atoms with Crippen molar-refractivity contribution in [3.8, 4) is 5.75 Å². The Balaban J connectivity index is 1.42. The van der Waals surface area contributed by atoms with Crippen LogP contribution >= 0.6 is 0 Å². The van der Waals surface area contributed by atoms with Gasteiger partial charge in [0.1, 0.15) is 12.4 Å². The standard InChI is InChI=1S/C27H32N2O5/c1-33-16-18-13-24(30)26(32)27(34-18)21(17-7-3-2-4-8-17)14-25(31)29-12-11-20-19-9-5-6-10-22(19)28-23(20)15-29/h5-6,9-10,13,17,21,28,32H,2-4,7-8,11-12,14-16H2,1H3/t21-/m1/s1. The first-order valence-electron chi connectivity index (χ1n) is 12.3. The maximum Gasteiger partial charge on any atom is 0.227 e. The number of carbonyl (C=O) groups excluding carboxylic acids is 1. The molecule has 5 rings (SSSR count). The summed E-state index contributed by atoms with van der Waals surface area (Å²) in [6, 6.07) is 9.51. The van der Waals surface area contributed by atoms with E-state index in [4.69, 9.17) is 9.15 Å². The average Bonchev–Trinajstić information content (AvgIpc) is 3.23. The molecule has 3 aromatic rings. The number of rotatable bonds is 6. The van der Waals surface area contributed by atoms with Gasteiger partial charge in [0.05, 0.1) is 6.54 Å². The maximum atomic E-state index is 13.5. The van der Waals surface area contributed by atoms with Crippen molar-refractivity contribution < 1.29 is 19.1 Å². The Morgan fingerprint density at radius 2 is 2.06 bits per heavy atom. The lowest BCUT2D eigenvalue weighted by Crippen LogP contribution is -2.37. The summed E-state index contributed by atoms with van der Waals surface area (Å²) in [4.78, 5) is 31.4. The number of benzene rings is 1. The van der Waals surface area contributed by atoms with Crippen LogP contribution in [0.1, 0.15) is 67.2 Å².